The minimum absolute atomic E-state index is 0.306. The lowest BCUT2D eigenvalue weighted by atomic mass is 9.78. The van der Waals surface area contributed by atoms with Gasteiger partial charge in [0.1, 0.15) is 0 Å². The van der Waals surface area contributed by atoms with Gasteiger partial charge in [-0.3, -0.25) is 4.79 Å². The Morgan fingerprint density at radius 1 is 1.46 bits per heavy atom. The van der Waals surface area contributed by atoms with Crippen molar-refractivity contribution in [3.63, 3.8) is 0 Å². The van der Waals surface area contributed by atoms with Crippen LogP contribution in [0.5, 0.6) is 0 Å². The van der Waals surface area contributed by atoms with Crippen LogP contribution in [-0.4, -0.2) is 24.3 Å². The Balaban J connectivity index is 2.07. The molecule has 1 saturated heterocycles. The second-order valence-corrected chi connectivity index (χ2v) is 3.95. The van der Waals surface area contributed by atoms with E-state index in [2.05, 4.69) is 6.92 Å². The quantitative estimate of drug-likeness (QED) is 0.646. The average molecular weight is 186 g/mol. The molecule has 76 valence electrons. The highest BCUT2D eigenvalue weighted by Crippen LogP contribution is 2.36. The summed E-state index contributed by atoms with van der Waals surface area (Å²) in [5.74, 6) is -0.685. The molecular weight excluding hydrogens is 168 g/mol. The molecule has 0 amide bonds. The number of hydrogen-bond donors (Lipinski definition) is 1. The van der Waals surface area contributed by atoms with Crippen molar-refractivity contribution < 1.29 is 14.6 Å². The first-order chi connectivity index (χ1) is 6.18. The average Bonchev–Trinajstić information content (AvgIpc) is 2.01. The fourth-order valence-electron chi connectivity index (χ4n) is 1.69. The zero-order valence-corrected chi connectivity index (χ0v) is 8.21. The third-order valence-electron chi connectivity index (χ3n) is 2.91. The number of hydrogen-bond acceptors (Lipinski definition) is 2. The van der Waals surface area contributed by atoms with E-state index < -0.39 is 5.97 Å². The summed E-state index contributed by atoms with van der Waals surface area (Å²) in [5.41, 5.74) is 0.387. The predicted octanol–water partition coefficient (Wildman–Crippen LogP) is 2.06. The Kier molecular flexibility index (Phi) is 3.72. The lowest BCUT2D eigenvalue weighted by molar-refractivity contribution is -0.137. The van der Waals surface area contributed by atoms with Crippen LogP contribution < -0.4 is 0 Å². The Bertz CT molecular complexity index is 167. The van der Waals surface area contributed by atoms with Gasteiger partial charge in [0.15, 0.2) is 0 Å². The summed E-state index contributed by atoms with van der Waals surface area (Å²) >= 11 is 0. The summed E-state index contributed by atoms with van der Waals surface area (Å²) in [6.07, 6.45) is 4.40. The molecule has 0 bridgehead atoms. The maximum absolute atomic E-state index is 10.3. The van der Waals surface area contributed by atoms with Crippen LogP contribution in [0.25, 0.3) is 0 Å². The van der Waals surface area contributed by atoms with Gasteiger partial charge < -0.3 is 9.84 Å². The minimum atomic E-state index is -0.685. The number of carboxylic acids is 1. The van der Waals surface area contributed by atoms with E-state index in [1.165, 1.54) is 0 Å². The second-order valence-electron chi connectivity index (χ2n) is 3.95. The Morgan fingerprint density at radius 2 is 2.15 bits per heavy atom. The van der Waals surface area contributed by atoms with Crippen LogP contribution in [0.4, 0.5) is 0 Å². The molecule has 13 heavy (non-hydrogen) atoms. The highest BCUT2D eigenvalue weighted by atomic mass is 16.5. The SMILES string of the molecule is CCC1(CCCCC(=O)O)COC1. The van der Waals surface area contributed by atoms with E-state index in [9.17, 15) is 4.79 Å². The number of aliphatic carboxylic acids is 1. The number of carboxylic acid groups (broad SMARTS) is 1. The molecule has 0 unspecified atom stereocenters. The third kappa shape index (κ3) is 2.99. The summed E-state index contributed by atoms with van der Waals surface area (Å²) in [6, 6.07) is 0. The van der Waals surface area contributed by atoms with E-state index in [1.54, 1.807) is 0 Å². The van der Waals surface area contributed by atoms with E-state index in [0.717, 1.165) is 38.9 Å². The predicted molar refractivity (Wildman–Crippen MR) is 49.6 cm³/mol. The summed E-state index contributed by atoms with van der Waals surface area (Å²) in [5, 5.41) is 8.45. The van der Waals surface area contributed by atoms with E-state index >= 15 is 0 Å². The molecule has 3 heteroatoms. The van der Waals surface area contributed by atoms with Crippen LogP contribution in [0.2, 0.25) is 0 Å². The maximum atomic E-state index is 10.3. The van der Waals surface area contributed by atoms with E-state index in [4.69, 9.17) is 9.84 Å². The standard InChI is InChI=1S/C10H18O3/c1-2-10(7-13-8-10)6-4-3-5-9(11)12/h2-8H2,1H3,(H,11,12). The van der Waals surface area contributed by atoms with Crippen LogP contribution in [0, 0.1) is 5.41 Å². The number of ether oxygens (including phenoxy) is 1. The van der Waals surface area contributed by atoms with Gasteiger partial charge in [0, 0.05) is 11.8 Å². The lowest BCUT2D eigenvalue weighted by Gasteiger charge is -2.41. The van der Waals surface area contributed by atoms with E-state index in [0.29, 0.717) is 11.8 Å². The molecule has 1 rings (SSSR count). The molecule has 3 nitrogen and oxygen atoms in total. The van der Waals surface area contributed by atoms with Gasteiger partial charge in [-0.15, -0.1) is 0 Å². The van der Waals surface area contributed by atoms with Gasteiger partial charge in [-0.1, -0.05) is 13.3 Å². The van der Waals surface area contributed by atoms with Crippen LogP contribution in [0.1, 0.15) is 39.0 Å². The van der Waals surface area contributed by atoms with Crippen LogP contribution in [-0.2, 0) is 9.53 Å². The van der Waals surface area contributed by atoms with Crippen molar-refractivity contribution in [2.24, 2.45) is 5.41 Å². The highest BCUT2D eigenvalue weighted by Gasteiger charge is 2.35. The van der Waals surface area contributed by atoms with Gasteiger partial charge >= 0.3 is 5.97 Å². The van der Waals surface area contributed by atoms with Gasteiger partial charge in [0.25, 0.3) is 0 Å². The second kappa shape index (κ2) is 4.61. The molecule has 0 aromatic heterocycles. The molecule has 1 aliphatic rings. The van der Waals surface area contributed by atoms with Crippen LogP contribution in [0.15, 0.2) is 0 Å². The van der Waals surface area contributed by atoms with Crippen molar-refractivity contribution in [2.45, 2.75) is 39.0 Å². The number of rotatable bonds is 6. The van der Waals surface area contributed by atoms with Crippen molar-refractivity contribution in [3.8, 4) is 0 Å². The molecule has 1 heterocycles. The summed E-state index contributed by atoms with van der Waals surface area (Å²) in [7, 11) is 0. The smallest absolute Gasteiger partial charge is 0.303 e. The first-order valence-electron chi connectivity index (χ1n) is 4.98. The molecule has 0 aliphatic carbocycles. The first kappa shape index (κ1) is 10.5. The summed E-state index contributed by atoms with van der Waals surface area (Å²) < 4.78 is 5.19. The van der Waals surface area contributed by atoms with Gasteiger partial charge in [0.05, 0.1) is 13.2 Å². The van der Waals surface area contributed by atoms with Crippen LogP contribution >= 0.6 is 0 Å². The van der Waals surface area contributed by atoms with Crippen molar-refractivity contribution in [1.29, 1.82) is 0 Å². The molecule has 1 fully saturated rings. The lowest BCUT2D eigenvalue weighted by Crippen LogP contribution is -2.41. The van der Waals surface area contributed by atoms with E-state index in [1.807, 2.05) is 0 Å². The number of unbranched alkanes of at least 4 members (excludes halogenated alkanes) is 1. The molecule has 0 spiro atoms. The normalized spacial score (nSPS) is 19.5. The molecule has 0 radical (unpaired) electrons. The minimum Gasteiger partial charge on any atom is -0.481 e. The highest BCUT2D eigenvalue weighted by molar-refractivity contribution is 5.66. The third-order valence-corrected chi connectivity index (χ3v) is 2.91. The van der Waals surface area contributed by atoms with Crippen molar-refractivity contribution in [2.75, 3.05) is 13.2 Å². The van der Waals surface area contributed by atoms with Gasteiger partial charge in [-0.2, -0.15) is 0 Å². The Hall–Kier alpha value is -0.570. The maximum Gasteiger partial charge on any atom is 0.303 e. The number of carbonyl (C=O) groups is 1. The zero-order valence-electron chi connectivity index (χ0n) is 8.21. The molecular formula is C10H18O3. The van der Waals surface area contributed by atoms with Crippen molar-refractivity contribution in [1.82, 2.24) is 0 Å². The van der Waals surface area contributed by atoms with Gasteiger partial charge in [-0.25, -0.2) is 0 Å². The Morgan fingerprint density at radius 3 is 2.54 bits per heavy atom. The largest absolute Gasteiger partial charge is 0.481 e. The molecule has 0 aromatic carbocycles. The van der Waals surface area contributed by atoms with Gasteiger partial charge in [0.2, 0.25) is 0 Å². The fraction of sp³-hybridized carbons (Fsp3) is 0.900. The van der Waals surface area contributed by atoms with Crippen molar-refractivity contribution in [3.05, 3.63) is 0 Å². The fourth-order valence-corrected chi connectivity index (χ4v) is 1.69. The van der Waals surface area contributed by atoms with Crippen molar-refractivity contribution >= 4 is 5.97 Å². The van der Waals surface area contributed by atoms with Crippen LogP contribution in [0.3, 0.4) is 0 Å². The van der Waals surface area contributed by atoms with Gasteiger partial charge in [-0.05, 0) is 19.3 Å². The topological polar surface area (TPSA) is 46.5 Å². The monoisotopic (exact) mass is 186 g/mol. The zero-order chi connectivity index (χ0) is 9.73. The van der Waals surface area contributed by atoms with E-state index in [-0.39, 0.29) is 0 Å². The first-order valence-corrected chi connectivity index (χ1v) is 4.98. The molecule has 0 aromatic rings. The summed E-state index contributed by atoms with van der Waals surface area (Å²) in [6.45, 7) is 3.92. The molecule has 1 N–H and O–H groups in total. The molecule has 1 aliphatic heterocycles. The molecule has 0 atom stereocenters. The molecule has 0 saturated carbocycles. The summed E-state index contributed by atoms with van der Waals surface area (Å²) in [4.78, 5) is 10.3. The Labute approximate surface area is 79.1 Å².